The van der Waals surface area contributed by atoms with Crippen LogP contribution in [0.5, 0.6) is 0 Å². The molecule has 5 nitrogen and oxygen atoms in total. The Morgan fingerprint density at radius 3 is 2.36 bits per heavy atom. The molecule has 3 rings (SSSR count). The summed E-state index contributed by atoms with van der Waals surface area (Å²) >= 11 is 0. The van der Waals surface area contributed by atoms with Gasteiger partial charge >= 0.3 is 12.1 Å². The minimum Gasteiger partial charge on any atom is -0.477 e. The van der Waals surface area contributed by atoms with Crippen molar-refractivity contribution in [3.8, 4) is 0 Å². The third-order valence-corrected chi connectivity index (χ3v) is 5.45. The first-order chi connectivity index (χ1) is 11.6. The fraction of sp³-hybridized carbons (Fsp3) is 0.0625. The van der Waals surface area contributed by atoms with Gasteiger partial charge in [-0.05, 0) is 24.3 Å². The molecule has 0 bridgehead atoms. The Bertz CT molecular complexity index is 1080. The summed E-state index contributed by atoms with van der Waals surface area (Å²) in [5.41, 5.74) is -1.48. The van der Waals surface area contributed by atoms with Crippen LogP contribution in [-0.2, 0) is 16.0 Å². The van der Waals surface area contributed by atoms with Crippen molar-refractivity contribution in [3.63, 3.8) is 0 Å². The van der Waals surface area contributed by atoms with Crippen molar-refractivity contribution < 1.29 is 31.5 Å². The van der Waals surface area contributed by atoms with Crippen molar-refractivity contribution in [2.75, 3.05) is 0 Å². The van der Waals surface area contributed by atoms with Gasteiger partial charge in [-0.2, -0.15) is 13.2 Å². The molecule has 1 heterocycles. The lowest BCUT2D eigenvalue weighted by Gasteiger charge is -2.10. The summed E-state index contributed by atoms with van der Waals surface area (Å²) in [5.74, 6) is -1.53. The van der Waals surface area contributed by atoms with E-state index in [-0.39, 0.29) is 10.9 Å². The number of aromatic nitrogens is 1. The van der Waals surface area contributed by atoms with E-state index in [9.17, 15) is 31.5 Å². The number of H-pyrrole nitrogens is 1. The minimum absolute atomic E-state index is 0.0947. The maximum atomic E-state index is 12.9. The van der Waals surface area contributed by atoms with Gasteiger partial charge in [0.05, 0.1) is 10.5 Å². The van der Waals surface area contributed by atoms with E-state index in [0.717, 1.165) is 18.2 Å². The van der Waals surface area contributed by atoms with Crippen LogP contribution in [0.15, 0.2) is 58.3 Å². The second-order valence-electron chi connectivity index (χ2n) is 5.21. The van der Waals surface area contributed by atoms with Gasteiger partial charge in [-0.15, -0.1) is 0 Å². The molecule has 0 saturated heterocycles. The van der Waals surface area contributed by atoms with Crippen molar-refractivity contribution in [2.24, 2.45) is 0 Å². The Labute approximate surface area is 139 Å². The largest absolute Gasteiger partial charge is 0.477 e. The van der Waals surface area contributed by atoms with Gasteiger partial charge < -0.3 is 10.1 Å². The molecule has 0 aliphatic rings. The molecule has 1 aromatic heterocycles. The highest BCUT2D eigenvalue weighted by atomic mass is 32.2. The van der Waals surface area contributed by atoms with Crippen LogP contribution in [0.4, 0.5) is 13.2 Å². The van der Waals surface area contributed by atoms with Gasteiger partial charge in [-0.25, -0.2) is 13.2 Å². The quantitative estimate of drug-likeness (QED) is 0.737. The summed E-state index contributed by atoms with van der Waals surface area (Å²) in [7, 11) is -4.49. The number of halogens is 3. The number of hydrogen-bond acceptors (Lipinski definition) is 3. The van der Waals surface area contributed by atoms with Crippen molar-refractivity contribution in [1.82, 2.24) is 4.98 Å². The monoisotopic (exact) mass is 369 g/mol. The van der Waals surface area contributed by atoms with E-state index in [0.29, 0.717) is 6.07 Å². The lowest BCUT2D eigenvalue weighted by molar-refractivity contribution is -0.137. The van der Waals surface area contributed by atoms with E-state index in [2.05, 4.69) is 4.98 Å². The lowest BCUT2D eigenvalue weighted by Crippen LogP contribution is -2.11. The number of fused-ring (bicyclic) bond motifs is 1. The molecule has 0 unspecified atom stereocenters. The molecular formula is C16H10F3NO4S. The maximum Gasteiger partial charge on any atom is 0.416 e. The zero-order valence-corrected chi connectivity index (χ0v) is 13.1. The normalized spacial score (nSPS) is 12.4. The number of hydrogen-bond donors (Lipinski definition) is 2. The fourth-order valence-corrected chi connectivity index (χ4v) is 4.15. The predicted octanol–water partition coefficient (Wildman–Crippen LogP) is 3.72. The van der Waals surface area contributed by atoms with Gasteiger partial charge in [0.1, 0.15) is 10.6 Å². The molecule has 0 atom stereocenters. The Hall–Kier alpha value is -2.81. The summed E-state index contributed by atoms with van der Waals surface area (Å²) in [6, 6.07) is 9.14. The molecule has 0 amide bonds. The highest BCUT2D eigenvalue weighted by Gasteiger charge is 2.34. The Morgan fingerprint density at radius 2 is 1.72 bits per heavy atom. The highest BCUT2D eigenvalue weighted by Crippen LogP contribution is 2.35. The van der Waals surface area contributed by atoms with Gasteiger partial charge in [0.2, 0.25) is 9.84 Å². The number of sulfone groups is 1. The summed E-state index contributed by atoms with van der Waals surface area (Å²) in [5, 5.41) is 9.38. The van der Waals surface area contributed by atoms with Crippen LogP contribution in [0, 0.1) is 0 Å². The predicted molar refractivity (Wildman–Crippen MR) is 82.2 cm³/mol. The van der Waals surface area contributed by atoms with E-state index in [1.54, 1.807) is 6.07 Å². The van der Waals surface area contributed by atoms with Crippen molar-refractivity contribution in [2.45, 2.75) is 16.0 Å². The van der Waals surface area contributed by atoms with Crippen LogP contribution in [0.3, 0.4) is 0 Å². The molecule has 2 aromatic carbocycles. The summed E-state index contributed by atoms with van der Waals surface area (Å²) < 4.78 is 64.3. The third kappa shape index (κ3) is 2.86. The molecule has 2 N–H and O–H groups in total. The summed E-state index contributed by atoms with van der Waals surface area (Å²) in [6.45, 7) is 0. The van der Waals surface area contributed by atoms with Gasteiger partial charge in [-0.3, -0.25) is 0 Å². The van der Waals surface area contributed by atoms with Crippen molar-refractivity contribution in [3.05, 3.63) is 59.8 Å². The first-order valence-electron chi connectivity index (χ1n) is 6.88. The average Bonchev–Trinajstić information content (AvgIpc) is 2.94. The number of para-hydroxylation sites is 1. The van der Waals surface area contributed by atoms with Crippen molar-refractivity contribution in [1.29, 1.82) is 0 Å². The standard InChI is InChI=1S/C16H10F3NO4S/c17-16(18,19)9-4-3-5-10(8-9)25(23,24)14-11-6-1-2-7-12(11)20-13(14)15(21)22/h1-8,20H,(H,21,22). The molecule has 0 saturated carbocycles. The Morgan fingerprint density at radius 1 is 1.04 bits per heavy atom. The zero-order valence-electron chi connectivity index (χ0n) is 12.3. The molecular weight excluding hydrogens is 359 g/mol. The maximum absolute atomic E-state index is 12.9. The summed E-state index contributed by atoms with van der Waals surface area (Å²) in [4.78, 5) is 12.7. The van der Waals surface area contributed by atoms with Crippen LogP contribution in [0.25, 0.3) is 10.9 Å². The van der Waals surface area contributed by atoms with E-state index in [1.807, 2.05) is 0 Å². The minimum atomic E-state index is -4.72. The Kier molecular flexibility index (Phi) is 3.83. The zero-order chi connectivity index (χ0) is 18.4. The number of nitrogens with one attached hydrogen (secondary N) is 1. The van der Waals surface area contributed by atoms with Crippen LogP contribution in [0.2, 0.25) is 0 Å². The van der Waals surface area contributed by atoms with Gasteiger partial charge in [-0.1, -0.05) is 24.3 Å². The Balaban J connectivity index is 2.31. The number of carboxylic acids is 1. The topological polar surface area (TPSA) is 87.2 Å². The average molecular weight is 369 g/mol. The van der Waals surface area contributed by atoms with Crippen LogP contribution in [0.1, 0.15) is 16.1 Å². The number of carbonyl (C=O) groups is 1. The number of carboxylic acid groups (broad SMARTS) is 1. The van der Waals surface area contributed by atoms with Crippen LogP contribution >= 0.6 is 0 Å². The fourth-order valence-electron chi connectivity index (χ4n) is 2.50. The smallest absolute Gasteiger partial charge is 0.416 e. The molecule has 0 radical (unpaired) electrons. The van der Waals surface area contributed by atoms with Crippen LogP contribution in [-0.4, -0.2) is 24.5 Å². The molecule has 0 spiro atoms. The van der Waals surface area contributed by atoms with Crippen LogP contribution < -0.4 is 0 Å². The van der Waals surface area contributed by atoms with E-state index < -0.39 is 43.0 Å². The first-order valence-corrected chi connectivity index (χ1v) is 8.37. The highest BCUT2D eigenvalue weighted by molar-refractivity contribution is 7.91. The second-order valence-corrected chi connectivity index (χ2v) is 7.10. The molecule has 3 aromatic rings. The number of alkyl halides is 3. The molecule has 9 heteroatoms. The lowest BCUT2D eigenvalue weighted by atomic mass is 10.2. The molecule has 25 heavy (non-hydrogen) atoms. The number of benzene rings is 2. The second kappa shape index (κ2) is 5.62. The molecule has 0 aliphatic carbocycles. The molecule has 130 valence electrons. The van der Waals surface area contributed by atoms with Gasteiger partial charge in [0.25, 0.3) is 0 Å². The summed E-state index contributed by atoms with van der Waals surface area (Å²) in [6.07, 6.45) is -4.72. The number of rotatable bonds is 3. The number of aromatic carboxylic acids is 1. The number of aromatic amines is 1. The first kappa shape index (κ1) is 17.0. The van der Waals surface area contributed by atoms with E-state index in [1.165, 1.54) is 18.2 Å². The van der Waals surface area contributed by atoms with E-state index >= 15 is 0 Å². The molecule has 0 aliphatic heterocycles. The van der Waals surface area contributed by atoms with E-state index in [4.69, 9.17) is 0 Å². The SMILES string of the molecule is O=C(O)c1[nH]c2ccccc2c1S(=O)(=O)c1cccc(C(F)(F)F)c1. The molecule has 0 fully saturated rings. The van der Waals surface area contributed by atoms with Crippen molar-refractivity contribution >= 4 is 26.7 Å². The van der Waals surface area contributed by atoms with Gasteiger partial charge in [0, 0.05) is 10.9 Å². The van der Waals surface area contributed by atoms with Gasteiger partial charge in [0.15, 0.2) is 0 Å². The third-order valence-electron chi connectivity index (χ3n) is 3.61.